The quantitative estimate of drug-likeness (QED) is 0.820. The van der Waals surface area contributed by atoms with Gasteiger partial charge in [0.05, 0.1) is 30.9 Å². The largest absolute Gasteiger partial charge is 0.550 e. The predicted molar refractivity (Wildman–Crippen MR) is 76.4 cm³/mol. The summed E-state index contributed by atoms with van der Waals surface area (Å²) >= 11 is 5.91. The SMILES string of the molecule is COc1ccc(Cl)cc1NC(=O)[C@@H]1[C@@H](C(=O)[O-])[C@H]2C=C[C@@H]1O2. The fourth-order valence-corrected chi connectivity index (χ4v) is 3.07. The Hall–Kier alpha value is -2.05. The third-order valence-corrected chi connectivity index (χ3v) is 4.13. The number of halogens is 1. The van der Waals surface area contributed by atoms with Gasteiger partial charge < -0.3 is 24.7 Å². The second-order valence-corrected chi connectivity index (χ2v) is 5.59. The maximum Gasteiger partial charge on any atom is 0.231 e. The number of hydrogen-bond donors (Lipinski definition) is 1. The Bertz CT molecular complexity index is 659. The van der Waals surface area contributed by atoms with Gasteiger partial charge in [0.1, 0.15) is 5.75 Å². The molecule has 7 heteroatoms. The number of benzene rings is 1. The molecule has 0 aliphatic carbocycles. The van der Waals surface area contributed by atoms with Gasteiger partial charge in [0, 0.05) is 16.9 Å². The Morgan fingerprint density at radius 1 is 1.27 bits per heavy atom. The van der Waals surface area contributed by atoms with Gasteiger partial charge in [0.2, 0.25) is 5.91 Å². The molecule has 6 nitrogen and oxygen atoms in total. The van der Waals surface area contributed by atoms with Crippen LogP contribution in [-0.4, -0.2) is 31.2 Å². The number of ether oxygens (including phenoxy) is 2. The van der Waals surface area contributed by atoms with E-state index >= 15 is 0 Å². The van der Waals surface area contributed by atoms with Gasteiger partial charge in [0.15, 0.2) is 0 Å². The molecule has 116 valence electrons. The third-order valence-electron chi connectivity index (χ3n) is 3.89. The summed E-state index contributed by atoms with van der Waals surface area (Å²) in [5, 5.41) is 14.4. The lowest BCUT2D eigenvalue weighted by Crippen LogP contribution is -2.45. The van der Waals surface area contributed by atoms with Crippen LogP contribution >= 0.6 is 11.6 Å². The Morgan fingerprint density at radius 3 is 2.59 bits per heavy atom. The molecule has 0 saturated carbocycles. The number of carboxylic acid groups (broad SMARTS) is 1. The van der Waals surface area contributed by atoms with E-state index in [1.165, 1.54) is 13.2 Å². The Kier molecular flexibility index (Phi) is 3.80. The Morgan fingerprint density at radius 2 is 1.95 bits per heavy atom. The molecule has 4 atom stereocenters. The van der Waals surface area contributed by atoms with E-state index in [1.54, 1.807) is 24.3 Å². The summed E-state index contributed by atoms with van der Waals surface area (Å²) in [6.07, 6.45) is 2.17. The average molecular weight is 323 g/mol. The summed E-state index contributed by atoms with van der Waals surface area (Å²) in [5.74, 6) is -3.17. The van der Waals surface area contributed by atoms with Crippen LogP contribution in [0.4, 0.5) is 5.69 Å². The van der Waals surface area contributed by atoms with Crippen LogP contribution in [0.15, 0.2) is 30.4 Å². The highest BCUT2D eigenvalue weighted by Crippen LogP contribution is 2.40. The lowest BCUT2D eigenvalue weighted by Gasteiger charge is -2.25. The van der Waals surface area contributed by atoms with Crippen molar-refractivity contribution in [2.75, 3.05) is 12.4 Å². The van der Waals surface area contributed by atoms with Gasteiger partial charge in [-0.3, -0.25) is 4.79 Å². The monoisotopic (exact) mass is 322 g/mol. The third kappa shape index (κ3) is 2.44. The number of carboxylic acids is 1. The zero-order chi connectivity index (χ0) is 15.9. The molecule has 1 aromatic rings. The minimum absolute atomic E-state index is 0.379. The molecule has 2 aliphatic heterocycles. The lowest BCUT2D eigenvalue weighted by molar-refractivity contribution is -0.313. The first-order valence-electron chi connectivity index (χ1n) is 6.70. The van der Waals surface area contributed by atoms with E-state index in [2.05, 4.69) is 5.32 Å². The predicted octanol–water partition coefficient (Wildman–Crippen LogP) is 0.607. The fraction of sp³-hybridized carbons (Fsp3) is 0.333. The molecule has 0 aromatic heterocycles. The molecule has 1 saturated heterocycles. The minimum atomic E-state index is -1.30. The van der Waals surface area contributed by atoms with Gasteiger partial charge in [0.25, 0.3) is 0 Å². The summed E-state index contributed by atoms with van der Waals surface area (Å²) in [4.78, 5) is 23.8. The second kappa shape index (κ2) is 5.62. The van der Waals surface area contributed by atoms with E-state index in [4.69, 9.17) is 21.1 Å². The van der Waals surface area contributed by atoms with E-state index in [-0.39, 0.29) is 0 Å². The number of hydrogen-bond acceptors (Lipinski definition) is 5. The molecule has 22 heavy (non-hydrogen) atoms. The van der Waals surface area contributed by atoms with E-state index < -0.39 is 35.9 Å². The zero-order valence-corrected chi connectivity index (χ0v) is 12.4. The average Bonchev–Trinajstić information content (AvgIpc) is 3.08. The van der Waals surface area contributed by atoms with Crippen molar-refractivity contribution in [1.29, 1.82) is 0 Å². The molecule has 2 bridgehead atoms. The number of rotatable bonds is 4. The van der Waals surface area contributed by atoms with Crippen molar-refractivity contribution < 1.29 is 24.2 Å². The highest BCUT2D eigenvalue weighted by Gasteiger charge is 2.50. The van der Waals surface area contributed by atoms with Crippen molar-refractivity contribution in [3.63, 3.8) is 0 Å². The van der Waals surface area contributed by atoms with Gasteiger partial charge in [-0.15, -0.1) is 0 Å². The lowest BCUT2D eigenvalue weighted by atomic mass is 9.82. The van der Waals surface area contributed by atoms with Crippen molar-refractivity contribution in [2.24, 2.45) is 11.8 Å². The molecule has 1 aromatic carbocycles. The highest BCUT2D eigenvalue weighted by molar-refractivity contribution is 6.31. The molecular weight excluding hydrogens is 310 g/mol. The summed E-state index contributed by atoms with van der Waals surface area (Å²) in [6.45, 7) is 0. The number of carbonyl (C=O) groups is 2. The summed E-state index contributed by atoms with van der Waals surface area (Å²) in [5.41, 5.74) is 0.379. The summed E-state index contributed by atoms with van der Waals surface area (Å²) in [6, 6.07) is 4.78. The summed E-state index contributed by atoms with van der Waals surface area (Å²) < 4.78 is 10.6. The zero-order valence-electron chi connectivity index (χ0n) is 11.6. The van der Waals surface area contributed by atoms with Crippen LogP contribution in [0.1, 0.15) is 0 Å². The van der Waals surface area contributed by atoms with Gasteiger partial charge in [-0.25, -0.2) is 0 Å². The molecule has 2 aliphatic rings. The van der Waals surface area contributed by atoms with Crippen LogP contribution in [0.3, 0.4) is 0 Å². The number of fused-ring (bicyclic) bond motifs is 2. The van der Waals surface area contributed by atoms with Crippen LogP contribution in [0.2, 0.25) is 5.02 Å². The van der Waals surface area contributed by atoms with Crippen molar-refractivity contribution in [2.45, 2.75) is 12.2 Å². The number of amides is 1. The first kappa shape index (κ1) is 14.9. The molecular formula is C15H13ClNO5-. The van der Waals surface area contributed by atoms with Gasteiger partial charge >= 0.3 is 0 Å². The Balaban J connectivity index is 1.84. The molecule has 1 fully saturated rings. The molecule has 0 spiro atoms. The first-order chi connectivity index (χ1) is 10.5. The van der Waals surface area contributed by atoms with Crippen molar-refractivity contribution >= 4 is 29.2 Å². The van der Waals surface area contributed by atoms with Gasteiger partial charge in [-0.1, -0.05) is 23.8 Å². The second-order valence-electron chi connectivity index (χ2n) is 5.15. The molecule has 1 amide bonds. The molecule has 2 heterocycles. The Labute approximate surface area is 131 Å². The van der Waals surface area contributed by atoms with E-state index in [9.17, 15) is 14.7 Å². The van der Waals surface area contributed by atoms with Crippen LogP contribution in [0, 0.1) is 11.8 Å². The van der Waals surface area contributed by atoms with Crippen molar-refractivity contribution in [3.05, 3.63) is 35.4 Å². The molecule has 0 radical (unpaired) electrons. The maximum atomic E-state index is 12.5. The number of anilines is 1. The van der Waals surface area contributed by atoms with E-state index in [0.29, 0.717) is 16.5 Å². The number of methoxy groups -OCH3 is 1. The first-order valence-corrected chi connectivity index (χ1v) is 7.08. The topological polar surface area (TPSA) is 87.7 Å². The summed E-state index contributed by atoms with van der Waals surface area (Å²) in [7, 11) is 1.46. The standard InChI is InChI=1S/C15H14ClNO5/c1-21-9-3-2-7(16)6-8(9)17-14(18)12-10-4-5-11(22-10)13(12)15(19)20/h2-6,10-13H,1H3,(H,17,18)(H,19,20)/p-1/t10-,11+,12-,13-/m0/s1. The maximum absolute atomic E-state index is 12.5. The van der Waals surface area contributed by atoms with Crippen LogP contribution in [-0.2, 0) is 14.3 Å². The van der Waals surface area contributed by atoms with Crippen LogP contribution in [0.5, 0.6) is 5.75 Å². The van der Waals surface area contributed by atoms with Crippen molar-refractivity contribution in [3.8, 4) is 5.75 Å². The fourth-order valence-electron chi connectivity index (χ4n) is 2.90. The minimum Gasteiger partial charge on any atom is -0.550 e. The number of carbonyl (C=O) groups excluding carboxylic acids is 2. The van der Waals surface area contributed by atoms with Gasteiger partial charge in [-0.2, -0.15) is 0 Å². The number of aliphatic carboxylic acids is 1. The smallest absolute Gasteiger partial charge is 0.231 e. The van der Waals surface area contributed by atoms with Gasteiger partial charge in [-0.05, 0) is 18.2 Å². The molecule has 3 rings (SSSR count). The number of nitrogens with one attached hydrogen (secondary N) is 1. The molecule has 1 N–H and O–H groups in total. The molecule has 0 unspecified atom stereocenters. The normalized spacial score (nSPS) is 28.6. The van der Waals surface area contributed by atoms with E-state index in [1.807, 2.05) is 0 Å². The van der Waals surface area contributed by atoms with Crippen LogP contribution in [0.25, 0.3) is 0 Å². The highest BCUT2D eigenvalue weighted by atomic mass is 35.5. The van der Waals surface area contributed by atoms with Crippen LogP contribution < -0.4 is 15.2 Å². The van der Waals surface area contributed by atoms with Crippen molar-refractivity contribution in [1.82, 2.24) is 0 Å². The van der Waals surface area contributed by atoms with E-state index in [0.717, 1.165) is 0 Å².